The Kier molecular flexibility index (Phi) is 1.91. The van der Waals surface area contributed by atoms with Crippen LogP contribution in [0, 0.1) is 0 Å². The van der Waals surface area contributed by atoms with Crippen LogP contribution in [0.25, 0.3) is 11.0 Å². The van der Waals surface area contributed by atoms with Crippen molar-refractivity contribution in [3.63, 3.8) is 0 Å². The van der Waals surface area contributed by atoms with Gasteiger partial charge >= 0.3 is 0 Å². The first-order chi connectivity index (χ1) is 6.42. The molecular formula is C8H8N4O. The van der Waals surface area contributed by atoms with E-state index in [2.05, 4.69) is 27.3 Å². The van der Waals surface area contributed by atoms with E-state index in [0.717, 1.165) is 16.6 Å². The van der Waals surface area contributed by atoms with Crippen molar-refractivity contribution in [2.75, 3.05) is 0 Å². The highest BCUT2D eigenvalue weighted by atomic mass is 16.6. The van der Waals surface area contributed by atoms with Crippen molar-refractivity contribution in [3.05, 3.63) is 23.8 Å². The third-order valence-electron chi connectivity index (χ3n) is 1.74. The van der Waals surface area contributed by atoms with Crippen molar-refractivity contribution in [2.24, 2.45) is 5.16 Å². The van der Waals surface area contributed by atoms with E-state index in [1.165, 1.54) is 0 Å². The molecule has 0 amide bonds. The molecular weight excluding hydrogens is 168 g/mol. The third-order valence-corrected chi connectivity index (χ3v) is 1.74. The molecule has 0 saturated heterocycles. The number of para-hydroxylation sites is 1. The summed E-state index contributed by atoms with van der Waals surface area (Å²) in [7, 11) is 0. The van der Waals surface area contributed by atoms with Gasteiger partial charge in [0.25, 0.3) is 0 Å². The van der Waals surface area contributed by atoms with Gasteiger partial charge in [-0.1, -0.05) is 12.1 Å². The number of fused-ring (bicyclic) bond motifs is 1. The molecule has 2 aromatic rings. The maximum absolute atomic E-state index is 4.83. The van der Waals surface area contributed by atoms with E-state index in [0.29, 0.717) is 6.61 Å². The minimum Gasteiger partial charge on any atom is -0.391 e. The lowest BCUT2D eigenvalue weighted by Gasteiger charge is -1.98. The lowest BCUT2D eigenvalue weighted by Crippen LogP contribution is -1.87. The molecule has 0 aliphatic heterocycles. The average Bonchev–Trinajstić information content (AvgIpc) is 2.62. The highest BCUT2D eigenvalue weighted by molar-refractivity contribution is 5.76. The zero-order valence-electron chi connectivity index (χ0n) is 6.90. The summed E-state index contributed by atoms with van der Waals surface area (Å²) in [6, 6.07) is 5.69. The smallest absolute Gasteiger partial charge is 0.144 e. The average molecular weight is 176 g/mol. The fourth-order valence-electron chi connectivity index (χ4n) is 1.16. The molecule has 1 aromatic carbocycles. The number of hydrogen-bond acceptors (Lipinski definition) is 4. The number of aromatic nitrogens is 3. The molecule has 5 heteroatoms. The summed E-state index contributed by atoms with van der Waals surface area (Å²) in [5.74, 6) is 0. The summed E-state index contributed by atoms with van der Waals surface area (Å²) in [4.78, 5) is 4.83. The predicted molar refractivity (Wildman–Crippen MR) is 48.2 cm³/mol. The van der Waals surface area contributed by atoms with Gasteiger partial charge < -0.3 is 4.84 Å². The van der Waals surface area contributed by atoms with Crippen molar-refractivity contribution in [3.8, 4) is 0 Å². The Labute approximate surface area is 74.4 Å². The highest BCUT2D eigenvalue weighted by Crippen LogP contribution is 2.14. The van der Waals surface area contributed by atoms with Gasteiger partial charge in [-0.05, 0) is 6.07 Å². The Morgan fingerprint density at radius 1 is 1.46 bits per heavy atom. The van der Waals surface area contributed by atoms with Gasteiger partial charge in [-0.2, -0.15) is 15.4 Å². The number of rotatable bonds is 3. The standard InChI is InChI=1S/C8H8N4O/c1-9-13-5-6-3-2-4-7-8(6)11-12-10-7/h2-4H,1,5H2,(H,10,11,12). The Morgan fingerprint density at radius 2 is 2.38 bits per heavy atom. The second-order valence-electron chi connectivity index (χ2n) is 2.51. The monoisotopic (exact) mass is 176 g/mol. The van der Waals surface area contributed by atoms with Gasteiger partial charge in [0.2, 0.25) is 0 Å². The lowest BCUT2D eigenvalue weighted by atomic mass is 10.2. The van der Waals surface area contributed by atoms with E-state index in [1.807, 2.05) is 18.2 Å². The molecule has 66 valence electrons. The Bertz CT molecular complexity index is 423. The fourth-order valence-corrected chi connectivity index (χ4v) is 1.16. The minimum atomic E-state index is 0.368. The Balaban J connectivity index is 2.42. The zero-order valence-corrected chi connectivity index (χ0v) is 6.90. The van der Waals surface area contributed by atoms with Gasteiger partial charge in [0.15, 0.2) is 0 Å². The van der Waals surface area contributed by atoms with Crippen LogP contribution in [0.2, 0.25) is 0 Å². The first-order valence-corrected chi connectivity index (χ1v) is 3.78. The molecule has 0 aliphatic carbocycles. The Morgan fingerprint density at radius 3 is 3.23 bits per heavy atom. The number of aromatic amines is 1. The van der Waals surface area contributed by atoms with E-state index >= 15 is 0 Å². The second-order valence-corrected chi connectivity index (χ2v) is 2.51. The first-order valence-electron chi connectivity index (χ1n) is 3.78. The summed E-state index contributed by atoms with van der Waals surface area (Å²) in [5, 5.41) is 13.8. The number of hydrogen-bond donors (Lipinski definition) is 1. The lowest BCUT2D eigenvalue weighted by molar-refractivity contribution is 0.134. The van der Waals surface area contributed by atoms with Crippen LogP contribution in [-0.4, -0.2) is 22.1 Å². The van der Waals surface area contributed by atoms with Gasteiger partial charge in [0.05, 0.1) is 0 Å². The molecule has 5 nitrogen and oxygen atoms in total. The zero-order chi connectivity index (χ0) is 9.10. The minimum absolute atomic E-state index is 0.368. The van der Waals surface area contributed by atoms with E-state index in [-0.39, 0.29) is 0 Å². The molecule has 13 heavy (non-hydrogen) atoms. The van der Waals surface area contributed by atoms with E-state index < -0.39 is 0 Å². The molecule has 0 atom stereocenters. The van der Waals surface area contributed by atoms with Crippen LogP contribution in [0.15, 0.2) is 23.4 Å². The predicted octanol–water partition coefficient (Wildman–Crippen LogP) is 1.09. The molecule has 0 aliphatic rings. The van der Waals surface area contributed by atoms with Gasteiger partial charge in [-0.3, -0.25) is 0 Å². The van der Waals surface area contributed by atoms with Crippen LogP contribution >= 0.6 is 0 Å². The summed E-state index contributed by atoms with van der Waals surface area (Å²) in [6.07, 6.45) is 0. The molecule has 0 spiro atoms. The van der Waals surface area contributed by atoms with Crippen molar-refractivity contribution < 1.29 is 4.84 Å². The molecule has 1 heterocycles. The third kappa shape index (κ3) is 1.35. The van der Waals surface area contributed by atoms with Gasteiger partial charge in [0, 0.05) is 12.3 Å². The summed E-state index contributed by atoms with van der Waals surface area (Å²) in [6.45, 7) is 3.60. The molecule has 0 unspecified atom stereocenters. The topological polar surface area (TPSA) is 63.2 Å². The maximum atomic E-state index is 4.83. The molecule has 0 fully saturated rings. The maximum Gasteiger partial charge on any atom is 0.144 e. The number of nitrogens with zero attached hydrogens (tertiary/aromatic N) is 3. The van der Waals surface area contributed by atoms with Crippen molar-refractivity contribution in [1.82, 2.24) is 15.4 Å². The fraction of sp³-hybridized carbons (Fsp3) is 0.125. The van der Waals surface area contributed by atoms with Crippen LogP contribution in [0.1, 0.15) is 5.56 Å². The quantitative estimate of drug-likeness (QED) is 0.562. The van der Waals surface area contributed by atoms with Crippen molar-refractivity contribution >= 4 is 17.8 Å². The van der Waals surface area contributed by atoms with E-state index in [1.54, 1.807) is 0 Å². The number of oxime groups is 1. The SMILES string of the molecule is C=NOCc1cccc2n[nH]nc12. The highest BCUT2D eigenvalue weighted by Gasteiger charge is 2.03. The summed E-state index contributed by atoms with van der Waals surface area (Å²) >= 11 is 0. The van der Waals surface area contributed by atoms with Crippen LogP contribution < -0.4 is 0 Å². The Hall–Kier alpha value is -1.91. The normalized spacial score (nSPS) is 10.2. The van der Waals surface area contributed by atoms with Crippen molar-refractivity contribution in [2.45, 2.75) is 6.61 Å². The largest absolute Gasteiger partial charge is 0.391 e. The molecule has 1 aromatic heterocycles. The van der Waals surface area contributed by atoms with Gasteiger partial charge in [-0.15, -0.1) is 5.16 Å². The molecule has 2 rings (SSSR count). The van der Waals surface area contributed by atoms with Crippen molar-refractivity contribution in [1.29, 1.82) is 0 Å². The van der Waals surface area contributed by atoms with E-state index in [9.17, 15) is 0 Å². The number of benzene rings is 1. The number of nitrogens with one attached hydrogen (secondary N) is 1. The summed E-state index contributed by atoms with van der Waals surface area (Å²) < 4.78 is 0. The van der Waals surface area contributed by atoms with Crippen LogP contribution in [0.5, 0.6) is 0 Å². The first kappa shape index (κ1) is 7.72. The van der Waals surface area contributed by atoms with Gasteiger partial charge in [0.1, 0.15) is 17.6 Å². The molecule has 0 saturated carbocycles. The molecule has 0 radical (unpaired) electrons. The summed E-state index contributed by atoms with van der Waals surface area (Å²) in [5.41, 5.74) is 2.58. The van der Waals surface area contributed by atoms with E-state index in [4.69, 9.17) is 4.84 Å². The molecule has 0 bridgehead atoms. The second kappa shape index (κ2) is 3.22. The van der Waals surface area contributed by atoms with Crippen LogP contribution in [0.4, 0.5) is 0 Å². The molecule has 1 N–H and O–H groups in total. The van der Waals surface area contributed by atoms with Gasteiger partial charge in [-0.25, -0.2) is 0 Å². The van der Waals surface area contributed by atoms with Crippen LogP contribution in [-0.2, 0) is 11.4 Å². The number of H-pyrrole nitrogens is 1. The van der Waals surface area contributed by atoms with Crippen LogP contribution in [0.3, 0.4) is 0 Å².